The molecule has 0 radical (unpaired) electrons. The number of nitrogens with one attached hydrogen (secondary N) is 2. The van der Waals surface area contributed by atoms with Crippen LogP contribution in [0.3, 0.4) is 0 Å². The Kier molecular flexibility index (Phi) is 10.7. The lowest BCUT2D eigenvalue weighted by Gasteiger charge is -2.26. The molecule has 1 aromatic carbocycles. The number of ether oxygens (including phenoxy) is 2. The Balaban J connectivity index is 1.72. The highest BCUT2D eigenvalue weighted by Gasteiger charge is 2.11. The van der Waals surface area contributed by atoms with Crippen molar-refractivity contribution in [1.29, 1.82) is 0 Å². The molecule has 164 valence electrons. The molecule has 3 N–H and O–H groups in total. The molecule has 0 amide bonds. The number of morpholine rings is 1. The monoisotopic (exact) mass is 414 g/mol. The topological polar surface area (TPSA) is 78.4 Å². The van der Waals surface area contributed by atoms with Crippen LogP contribution < -0.4 is 15.4 Å². The summed E-state index contributed by atoms with van der Waals surface area (Å²) in [7, 11) is 0. The van der Waals surface area contributed by atoms with Crippen LogP contribution in [-0.2, 0) is 4.74 Å². The van der Waals surface area contributed by atoms with E-state index in [-0.39, 0.29) is 12.3 Å². The Bertz CT molecular complexity index is 596. The van der Waals surface area contributed by atoms with Gasteiger partial charge in [-0.2, -0.15) is 8.78 Å². The number of aliphatic hydroxyl groups is 1. The summed E-state index contributed by atoms with van der Waals surface area (Å²) in [4.78, 5) is 6.83. The fraction of sp³-hybridized carbons (Fsp3) is 0.650. The van der Waals surface area contributed by atoms with Crippen LogP contribution in [0.5, 0.6) is 5.75 Å². The number of hydrogen-bond donors (Lipinski definition) is 3. The predicted octanol–water partition coefficient (Wildman–Crippen LogP) is 1.99. The lowest BCUT2D eigenvalue weighted by atomic mass is 10.1. The summed E-state index contributed by atoms with van der Waals surface area (Å²) in [6, 6.07) is 5.94. The molecular formula is C20H32F2N4O3. The van der Waals surface area contributed by atoms with Gasteiger partial charge in [-0.1, -0.05) is 12.1 Å². The number of guanidine groups is 1. The zero-order valence-electron chi connectivity index (χ0n) is 16.9. The van der Waals surface area contributed by atoms with Gasteiger partial charge < -0.3 is 25.2 Å². The zero-order chi connectivity index (χ0) is 20.9. The van der Waals surface area contributed by atoms with E-state index in [4.69, 9.17) is 4.74 Å². The van der Waals surface area contributed by atoms with Gasteiger partial charge in [-0.25, -0.2) is 0 Å². The van der Waals surface area contributed by atoms with Crippen LogP contribution in [0.25, 0.3) is 0 Å². The van der Waals surface area contributed by atoms with E-state index in [1.165, 1.54) is 12.1 Å². The SMILES string of the molecule is CCNC(=NCC(O)c1ccc(OC(F)F)cc1)NCCCCN1CCOCC1. The summed E-state index contributed by atoms with van der Waals surface area (Å²) in [5, 5.41) is 16.7. The molecule has 0 saturated carbocycles. The summed E-state index contributed by atoms with van der Waals surface area (Å²) >= 11 is 0. The number of benzene rings is 1. The summed E-state index contributed by atoms with van der Waals surface area (Å²) in [6.45, 7) is 5.52. The maximum atomic E-state index is 12.2. The Morgan fingerprint density at radius 2 is 1.93 bits per heavy atom. The van der Waals surface area contributed by atoms with Crippen LogP contribution in [0.4, 0.5) is 8.78 Å². The molecule has 1 atom stereocenters. The second-order valence-corrected chi connectivity index (χ2v) is 6.77. The number of nitrogens with zero attached hydrogens (tertiary/aromatic N) is 2. The van der Waals surface area contributed by atoms with Crippen LogP contribution in [-0.4, -0.2) is 75.1 Å². The van der Waals surface area contributed by atoms with E-state index in [0.29, 0.717) is 11.5 Å². The van der Waals surface area contributed by atoms with Crippen molar-refractivity contribution < 1.29 is 23.4 Å². The van der Waals surface area contributed by atoms with Crippen LogP contribution >= 0.6 is 0 Å². The Hall–Kier alpha value is -1.97. The Morgan fingerprint density at radius 3 is 2.59 bits per heavy atom. The van der Waals surface area contributed by atoms with Gasteiger partial charge in [0, 0.05) is 26.2 Å². The van der Waals surface area contributed by atoms with E-state index in [1.807, 2.05) is 6.92 Å². The van der Waals surface area contributed by atoms with Crippen molar-refractivity contribution >= 4 is 5.96 Å². The van der Waals surface area contributed by atoms with Crippen molar-refractivity contribution in [3.8, 4) is 5.75 Å². The van der Waals surface area contributed by atoms with Crippen molar-refractivity contribution in [3.05, 3.63) is 29.8 Å². The molecule has 0 aliphatic carbocycles. The normalized spacial score (nSPS) is 16.7. The summed E-state index contributed by atoms with van der Waals surface area (Å²) in [5.74, 6) is 0.710. The van der Waals surface area contributed by atoms with Crippen molar-refractivity contribution in [1.82, 2.24) is 15.5 Å². The summed E-state index contributed by atoms with van der Waals surface area (Å²) in [5.41, 5.74) is 0.594. The van der Waals surface area contributed by atoms with Gasteiger partial charge in [-0.15, -0.1) is 0 Å². The molecule has 1 aliphatic heterocycles. The Morgan fingerprint density at radius 1 is 1.21 bits per heavy atom. The molecule has 29 heavy (non-hydrogen) atoms. The van der Waals surface area contributed by atoms with E-state index >= 15 is 0 Å². The molecule has 1 saturated heterocycles. The Labute approximate surface area is 171 Å². The largest absolute Gasteiger partial charge is 0.435 e. The second kappa shape index (κ2) is 13.3. The first-order chi connectivity index (χ1) is 14.1. The second-order valence-electron chi connectivity index (χ2n) is 6.77. The lowest BCUT2D eigenvalue weighted by Crippen LogP contribution is -2.39. The van der Waals surface area contributed by atoms with E-state index in [2.05, 4.69) is 25.3 Å². The van der Waals surface area contributed by atoms with E-state index < -0.39 is 12.7 Å². The molecule has 1 aromatic rings. The summed E-state index contributed by atoms with van der Waals surface area (Å²) in [6.07, 6.45) is 1.30. The number of rotatable bonds is 11. The quantitative estimate of drug-likeness (QED) is 0.292. The minimum Gasteiger partial charge on any atom is -0.435 e. The van der Waals surface area contributed by atoms with Crippen molar-refractivity contribution in [2.45, 2.75) is 32.5 Å². The molecule has 0 aromatic heterocycles. The number of unbranched alkanes of at least 4 members (excludes halogenated alkanes) is 1. The maximum Gasteiger partial charge on any atom is 0.387 e. The van der Waals surface area contributed by atoms with Crippen LogP contribution in [0, 0.1) is 0 Å². The molecule has 1 unspecified atom stereocenters. The highest BCUT2D eigenvalue weighted by molar-refractivity contribution is 5.79. The van der Waals surface area contributed by atoms with Gasteiger partial charge in [0.1, 0.15) is 5.75 Å². The first-order valence-corrected chi connectivity index (χ1v) is 10.1. The molecule has 2 rings (SSSR count). The minimum atomic E-state index is -2.86. The van der Waals surface area contributed by atoms with Gasteiger partial charge in [0.2, 0.25) is 0 Å². The summed E-state index contributed by atoms with van der Waals surface area (Å²) < 4.78 is 34.1. The predicted molar refractivity (Wildman–Crippen MR) is 109 cm³/mol. The van der Waals surface area contributed by atoms with Gasteiger partial charge in [0.25, 0.3) is 0 Å². The van der Waals surface area contributed by atoms with Crippen LogP contribution in [0.2, 0.25) is 0 Å². The average Bonchev–Trinajstić information content (AvgIpc) is 2.72. The fourth-order valence-corrected chi connectivity index (χ4v) is 2.99. The molecule has 9 heteroatoms. The van der Waals surface area contributed by atoms with Crippen LogP contribution in [0.15, 0.2) is 29.3 Å². The third-order valence-corrected chi connectivity index (χ3v) is 4.55. The first kappa shape index (κ1) is 23.3. The number of alkyl halides is 2. The third-order valence-electron chi connectivity index (χ3n) is 4.55. The van der Waals surface area contributed by atoms with Gasteiger partial charge in [0.15, 0.2) is 5.96 Å². The molecule has 1 heterocycles. The van der Waals surface area contributed by atoms with Crippen molar-refractivity contribution in [2.24, 2.45) is 4.99 Å². The molecule has 7 nitrogen and oxygen atoms in total. The van der Waals surface area contributed by atoms with Gasteiger partial charge >= 0.3 is 6.61 Å². The number of aliphatic imine (C=N–C) groups is 1. The number of halogens is 2. The van der Waals surface area contributed by atoms with E-state index in [0.717, 1.165) is 58.8 Å². The lowest BCUT2D eigenvalue weighted by molar-refractivity contribution is -0.0498. The van der Waals surface area contributed by atoms with Crippen LogP contribution in [0.1, 0.15) is 31.4 Å². The number of aliphatic hydroxyl groups excluding tert-OH is 1. The van der Waals surface area contributed by atoms with Gasteiger partial charge in [-0.05, 0) is 44.0 Å². The molecule has 0 spiro atoms. The highest BCUT2D eigenvalue weighted by Crippen LogP contribution is 2.19. The highest BCUT2D eigenvalue weighted by atomic mass is 19.3. The third kappa shape index (κ3) is 9.38. The average molecular weight is 414 g/mol. The van der Waals surface area contributed by atoms with Crippen molar-refractivity contribution in [3.63, 3.8) is 0 Å². The maximum absolute atomic E-state index is 12.2. The smallest absolute Gasteiger partial charge is 0.387 e. The fourth-order valence-electron chi connectivity index (χ4n) is 2.99. The van der Waals surface area contributed by atoms with Gasteiger partial charge in [0.05, 0.1) is 25.9 Å². The van der Waals surface area contributed by atoms with Crippen molar-refractivity contribution in [2.75, 3.05) is 52.5 Å². The molecule has 0 bridgehead atoms. The van der Waals surface area contributed by atoms with Gasteiger partial charge in [-0.3, -0.25) is 9.89 Å². The zero-order valence-corrected chi connectivity index (χ0v) is 16.9. The minimum absolute atomic E-state index is 0.0616. The first-order valence-electron chi connectivity index (χ1n) is 10.1. The molecule has 1 fully saturated rings. The molecule has 1 aliphatic rings. The standard InChI is InChI=1S/C20H32F2N4O3/c1-2-23-20(24-9-3-4-10-26-11-13-28-14-12-26)25-15-18(27)16-5-7-17(8-6-16)29-19(21)22/h5-8,18-19,27H,2-4,9-15H2,1H3,(H2,23,24,25). The molecular weight excluding hydrogens is 382 g/mol. The van der Waals surface area contributed by atoms with E-state index in [9.17, 15) is 13.9 Å². The number of hydrogen-bond acceptors (Lipinski definition) is 5. The van der Waals surface area contributed by atoms with E-state index in [1.54, 1.807) is 12.1 Å².